The van der Waals surface area contributed by atoms with Gasteiger partial charge in [0.15, 0.2) is 5.92 Å². The monoisotopic (exact) mass is 332 g/mol. The molecule has 0 radical (unpaired) electrons. The Labute approximate surface area is 139 Å². The summed E-state index contributed by atoms with van der Waals surface area (Å²) in [4.78, 5) is 28.8. The summed E-state index contributed by atoms with van der Waals surface area (Å²) in [7, 11) is 0. The van der Waals surface area contributed by atoms with Crippen LogP contribution in [0.4, 0.5) is 5.95 Å². The molecule has 128 valence electrons. The normalized spacial score (nSPS) is 12.0. The van der Waals surface area contributed by atoms with Crippen LogP contribution in [0.3, 0.4) is 0 Å². The molecule has 1 aromatic carbocycles. The lowest BCUT2D eigenvalue weighted by atomic mass is 9.93. The van der Waals surface area contributed by atoms with E-state index in [1.165, 1.54) is 11.0 Å². The van der Waals surface area contributed by atoms with Crippen LogP contribution in [0.2, 0.25) is 0 Å². The second-order valence-corrected chi connectivity index (χ2v) is 4.90. The van der Waals surface area contributed by atoms with E-state index in [9.17, 15) is 9.59 Å². The minimum absolute atomic E-state index is 0.0856. The van der Waals surface area contributed by atoms with E-state index < -0.39 is 23.9 Å². The first kappa shape index (κ1) is 17.5. The molecule has 2 N–H and O–H groups in total. The first-order chi connectivity index (χ1) is 11.6. The van der Waals surface area contributed by atoms with Crippen molar-refractivity contribution >= 4 is 17.9 Å². The van der Waals surface area contributed by atoms with Crippen molar-refractivity contribution in [3.05, 3.63) is 42.2 Å². The van der Waals surface area contributed by atoms with E-state index in [-0.39, 0.29) is 19.2 Å². The number of aromatic nitrogens is 3. The van der Waals surface area contributed by atoms with Gasteiger partial charge in [0.2, 0.25) is 5.95 Å². The van der Waals surface area contributed by atoms with E-state index in [0.717, 1.165) is 0 Å². The van der Waals surface area contributed by atoms with E-state index in [4.69, 9.17) is 15.2 Å². The molecule has 0 bridgehead atoms. The Bertz CT molecular complexity index is 668. The first-order valence-corrected chi connectivity index (χ1v) is 7.63. The van der Waals surface area contributed by atoms with Crippen LogP contribution < -0.4 is 5.73 Å². The lowest BCUT2D eigenvalue weighted by Crippen LogP contribution is -2.37. The lowest BCUT2D eigenvalue weighted by molar-refractivity contribution is -0.163. The van der Waals surface area contributed by atoms with Gasteiger partial charge in [-0.1, -0.05) is 30.3 Å². The highest BCUT2D eigenvalue weighted by Crippen LogP contribution is 2.30. The van der Waals surface area contributed by atoms with Gasteiger partial charge in [-0.3, -0.25) is 9.59 Å². The molecule has 1 unspecified atom stereocenters. The molecular weight excluding hydrogens is 312 g/mol. The van der Waals surface area contributed by atoms with Gasteiger partial charge in [-0.2, -0.15) is 5.10 Å². The largest absolute Gasteiger partial charge is 0.465 e. The first-order valence-electron chi connectivity index (χ1n) is 7.63. The van der Waals surface area contributed by atoms with Crippen LogP contribution in [0.1, 0.15) is 25.5 Å². The SMILES string of the molecule is CCOC(=O)C(C(=O)OCC)C(c1ccccc1)n1ncnc1N. The summed E-state index contributed by atoms with van der Waals surface area (Å²) in [6.45, 7) is 3.62. The van der Waals surface area contributed by atoms with Crippen molar-refractivity contribution in [2.75, 3.05) is 18.9 Å². The number of nitrogen functional groups attached to an aromatic ring is 1. The fourth-order valence-corrected chi connectivity index (χ4v) is 2.42. The third kappa shape index (κ3) is 3.70. The van der Waals surface area contributed by atoms with Gasteiger partial charge in [0.05, 0.1) is 13.2 Å². The van der Waals surface area contributed by atoms with E-state index >= 15 is 0 Å². The minimum Gasteiger partial charge on any atom is -0.465 e. The fraction of sp³-hybridized carbons (Fsp3) is 0.375. The van der Waals surface area contributed by atoms with Crippen molar-refractivity contribution in [1.29, 1.82) is 0 Å². The molecule has 8 heteroatoms. The number of hydrogen-bond donors (Lipinski definition) is 1. The number of nitrogens with zero attached hydrogens (tertiary/aromatic N) is 3. The lowest BCUT2D eigenvalue weighted by Gasteiger charge is -2.25. The van der Waals surface area contributed by atoms with Crippen LogP contribution in [-0.4, -0.2) is 39.9 Å². The number of esters is 2. The van der Waals surface area contributed by atoms with Gasteiger partial charge >= 0.3 is 11.9 Å². The maximum absolute atomic E-state index is 12.5. The van der Waals surface area contributed by atoms with Crippen molar-refractivity contribution in [1.82, 2.24) is 14.8 Å². The summed E-state index contributed by atoms with van der Waals surface area (Å²) < 4.78 is 11.5. The zero-order valence-electron chi connectivity index (χ0n) is 13.6. The topological polar surface area (TPSA) is 109 Å². The van der Waals surface area contributed by atoms with Crippen molar-refractivity contribution < 1.29 is 19.1 Å². The molecule has 2 aromatic rings. The third-order valence-corrected chi connectivity index (χ3v) is 3.40. The molecule has 0 amide bonds. The Morgan fingerprint density at radius 1 is 1.12 bits per heavy atom. The molecule has 1 atom stereocenters. The van der Waals surface area contributed by atoms with Crippen molar-refractivity contribution in [2.24, 2.45) is 5.92 Å². The van der Waals surface area contributed by atoms with Crippen LogP contribution >= 0.6 is 0 Å². The van der Waals surface area contributed by atoms with Gasteiger partial charge in [0.25, 0.3) is 0 Å². The zero-order valence-corrected chi connectivity index (χ0v) is 13.6. The molecule has 1 aromatic heterocycles. The molecule has 2 rings (SSSR count). The summed E-state index contributed by atoms with van der Waals surface area (Å²) in [5, 5.41) is 4.06. The highest BCUT2D eigenvalue weighted by atomic mass is 16.6. The number of carbonyl (C=O) groups is 2. The summed E-state index contributed by atoms with van der Waals surface area (Å²) >= 11 is 0. The number of carbonyl (C=O) groups excluding carboxylic acids is 2. The smallest absolute Gasteiger partial charge is 0.322 e. The molecule has 0 aliphatic carbocycles. The highest BCUT2D eigenvalue weighted by Gasteiger charge is 2.41. The molecule has 0 aliphatic heterocycles. The van der Waals surface area contributed by atoms with Crippen LogP contribution in [0, 0.1) is 5.92 Å². The Kier molecular flexibility index (Phi) is 5.89. The van der Waals surface area contributed by atoms with E-state index in [2.05, 4.69) is 10.1 Å². The molecule has 0 saturated heterocycles. The molecule has 0 spiro atoms. The second kappa shape index (κ2) is 8.09. The molecular formula is C16H20N4O4. The second-order valence-electron chi connectivity index (χ2n) is 4.90. The number of benzene rings is 1. The Morgan fingerprint density at radius 2 is 1.71 bits per heavy atom. The Morgan fingerprint density at radius 3 is 2.17 bits per heavy atom. The van der Waals surface area contributed by atoms with Crippen LogP contribution in [0.25, 0.3) is 0 Å². The Hall–Kier alpha value is -2.90. The standard InChI is InChI=1S/C16H20N4O4/c1-3-23-14(21)12(15(22)24-4-2)13(11-8-6-5-7-9-11)20-16(17)18-10-19-20/h5-10,12-13H,3-4H2,1-2H3,(H2,17,18,19). The average Bonchev–Trinajstić information content (AvgIpc) is 2.99. The predicted octanol–water partition coefficient (Wildman–Crippen LogP) is 1.19. The number of rotatable bonds is 7. The predicted molar refractivity (Wildman–Crippen MR) is 85.8 cm³/mol. The van der Waals surface area contributed by atoms with Crippen molar-refractivity contribution in [3.8, 4) is 0 Å². The van der Waals surface area contributed by atoms with E-state index in [1.54, 1.807) is 38.1 Å². The number of ether oxygens (including phenoxy) is 2. The molecule has 0 aliphatic rings. The number of anilines is 1. The molecule has 0 saturated carbocycles. The molecule has 0 fully saturated rings. The van der Waals surface area contributed by atoms with Gasteiger partial charge in [0.1, 0.15) is 12.4 Å². The molecule has 8 nitrogen and oxygen atoms in total. The molecule has 24 heavy (non-hydrogen) atoms. The van der Waals surface area contributed by atoms with E-state index in [0.29, 0.717) is 5.56 Å². The maximum Gasteiger partial charge on any atom is 0.322 e. The zero-order chi connectivity index (χ0) is 17.5. The van der Waals surface area contributed by atoms with Gasteiger partial charge in [-0.05, 0) is 19.4 Å². The van der Waals surface area contributed by atoms with Gasteiger partial charge in [-0.25, -0.2) is 9.67 Å². The Balaban J connectivity index is 2.54. The number of nitrogens with two attached hydrogens (primary N) is 1. The van der Waals surface area contributed by atoms with Crippen molar-refractivity contribution in [3.63, 3.8) is 0 Å². The summed E-state index contributed by atoms with van der Waals surface area (Å²) in [6, 6.07) is 8.15. The summed E-state index contributed by atoms with van der Waals surface area (Å²) in [6.07, 6.45) is 1.26. The highest BCUT2D eigenvalue weighted by molar-refractivity contribution is 5.96. The van der Waals surface area contributed by atoms with Gasteiger partial charge < -0.3 is 15.2 Å². The van der Waals surface area contributed by atoms with Crippen LogP contribution in [0.15, 0.2) is 36.7 Å². The average molecular weight is 332 g/mol. The third-order valence-electron chi connectivity index (χ3n) is 3.40. The van der Waals surface area contributed by atoms with Crippen LogP contribution in [0.5, 0.6) is 0 Å². The van der Waals surface area contributed by atoms with Gasteiger partial charge in [-0.15, -0.1) is 0 Å². The quantitative estimate of drug-likeness (QED) is 0.599. The fourth-order valence-electron chi connectivity index (χ4n) is 2.42. The van der Waals surface area contributed by atoms with Crippen molar-refractivity contribution in [2.45, 2.75) is 19.9 Å². The molecule has 1 heterocycles. The summed E-state index contributed by atoms with van der Waals surface area (Å²) in [5.41, 5.74) is 6.52. The van der Waals surface area contributed by atoms with E-state index in [1.807, 2.05) is 6.07 Å². The summed E-state index contributed by atoms with van der Waals surface area (Å²) in [5.74, 6) is -2.54. The van der Waals surface area contributed by atoms with Gasteiger partial charge in [0, 0.05) is 0 Å². The minimum atomic E-state index is -1.24. The maximum atomic E-state index is 12.5. The number of hydrogen-bond acceptors (Lipinski definition) is 7. The van der Waals surface area contributed by atoms with Crippen LogP contribution in [-0.2, 0) is 19.1 Å².